The van der Waals surface area contributed by atoms with Crippen molar-refractivity contribution < 1.29 is 4.79 Å². The minimum atomic E-state index is -0.466. The predicted molar refractivity (Wildman–Crippen MR) is 64.6 cm³/mol. The zero-order chi connectivity index (χ0) is 12.8. The Morgan fingerprint density at radius 1 is 1.71 bits per heavy atom. The Balaban J connectivity index is 2.90. The molecule has 1 rings (SSSR count). The van der Waals surface area contributed by atoms with Gasteiger partial charge in [-0.25, -0.2) is 4.68 Å². The smallest absolute Gasteiger partial charge is 0.292 e. The van der Waals surface area contributed by atoms with Crippen molar-refractivity contribution in [3.8, 4) is 12.3 Å². The van der Waals surface area contributed by atoms with Crippen LogP contribution >= 0.6 is 11.6 Å². The molecule has 6 nitrogen and oxygen atoms in total. The van der Waals surface area contributed by atoms with Crippen molar-refractivity contribution >= 4 is 23.2 Å². The zero-order valence-corrected chi connectivity index (χ0v) is 9.70. The lowest BCUT2D eigenvalue weighted by molar-refractivity contribution is -0.117. The van der Waals surface area contributed by atoms with Crippen molar-refractivity contribution in [2.24, 2.45) is 5.73 Å². The van der Waals surface area contributed by atoms with Crippen LogP contribution in [0.3, 0.4) is 0 Å². The number of carbonyl (C=O) groups excluding carboxylic acids is 1. The van der Waals surface area contributed by atoms with E-state index in [1.807, 2.05) is 0 Å². The fraction of sp³-hybridized carbons (Fsp3) is 0.300. The molecule has 0 saturated carbocycles. The van der Waals surface area contributed by atoms with Crippen LogP contribution in [0.15, 0.2) is 11.0 Å². The summed E-state index contributed by atoms with van der Waals surface area (Å²) in [6.45, 7) is 0.283. The summed E-state index contributed by atoms with van der Waals surface area (Å²) in [5.41, 5.74) is 4.71. The summed E-state index contributed by atoms with van der Waals surface area (Å²) in [6, 6.07) is 0. The van der Waals surface area contributed by atoms with Gasteiger partial charge in [0.05, 0.1) is 11.2 Å². The number of carbonyl (C=O) groups is 1. The number of terminal acetylenes is 1. The highest BCUT2D eigenvalue weighted by molar-refractivity contribution is 6.33. The Bertz CT molecular complexity index is 518. The van der Waals surface area contributed by atoms with E-state index >= 15 is 0 Å². The van der Waals surface area contributed by atoms with E-state index in [1.165, 1.54) is 6.20 Å². The highest BCUT2D eigenvalue weighted by Gasteiger charge is 2.09. The number of hydrogen-bond donors (Lipinski definition) is 2. The molecular formula is C10H11ClN4O2. The van der Waals surface area contributed by atoms with Crippen LogP contribution in [0.4, 0.5) is 5.69 Å². The molecule has 3 N–H and O–H groups in total. The number of amides is 1. The molecule has 90 valence electrons. The van der Waals surface area contributed by atoms with E-state index in [1.54, 1.807) is 0 Å². The molecule has 0 radical (unpaired) electrons. The molecular weight excluding hydrogens is 244 g/mol. The molecule has 0 spiro atoms. The third-order valence-corrected chi connectivity index (χ3v) is 2.20. The fourth-order valence-electron chi connectivity index (χ4n) is 1.14. The van der Waals surface area contributed by atoms with Crippen LogP contribution in [0.1, 0.15) is 6.42 Å². The van der Waals surface area contributed by atoms with E-state index in [-0.39, 0.29) is 30.2 Å². The summed E-state index contributed by atoms with van der Waals surface area (Å²) in [6.07, 6.45) is 6.51. The molecule has 0 atom stereocenters. The number of rotatable bonds is 5. The van der Waals surface area contributed by atoms with Crippen molar-refractivity contribution in [2.45, 2.75) is 13.0 Å². The van der Waals surface area contributed by atoms with Crippen LogP contribution in [0.2, 0.25) is 5.02 Å². The summed E-state index contributed by atoms with van der Waals surface area (Å²) >= 11 is 5.81. The Hall–Kier alpha value is -2.00. The summed E-state index contributed by atoms with van der Waals surface area (Å²) in [5, 5.41) is 6.68. The standard InChI is InChI=1S/C10H11ClN4O2/c1-2-5-15-10(17)9(7(11)6-14-15)13-4-3-8(12)16/h1,6,13H,3-5H2,(H2,12,16). The lowest BCUT2D eigenvalue weighted by Crippen LogP contribution is -2.27. The van der Waals surface area contributed by atoms with Crippen LogP contribution in [0, 0.1) is 12.3 Å². The molecule has 17 heavy (non-hydrogen) atoms. The maximum absolute atomic E-state index is 11.8. The maximum Gasteiger partial charge on any atom is 0.292 e. The van der Waals surface area contributed by atoms with E-state index in [2.05, 4.69) is 16.3 Å². The van der Waals surface area contributed by atoms with Gasteiger partial charge in [0, 0.05) is 13.0 Å². The van der Waals surface area contributed by atoms with E-state index in [9.17, 15) is 9.59 Å². The number of hydrogen-bond acceptors (Lipinski definition) is 4. The molecule has 0 aliphatic carbocycles. The quantitative estimate of drug-likeness (QED) is 0.713. The number of anilines is 1. The first-order chi connectivity index (χ1) is 8.06. The average molecular weight is 255 g/mol. The predicted octanol–water partition coefficient (Wildman–Crippen LogP) is -0.183. The number of nitrogens with two attached hydrogens (primary N) is 1. The molecule has 0 unspecified atom stereocenters. The second-order valence-corrected chi connectivity index (χ2v) is 3.58. The van der Waals surface area contributed by atoms with Gasteiger partial charge in [0.15, 0.2) is 0 Å². The van der Waals surface area contributed by atoms with Gasteiger partial charge in [0.1, 0.15) is 12.2 Å². The third kappa shape index (κ3) is 3.50. The fourth-order valence-corrected chi connectivity index (χ4v) is 1.33. The molecule has 0 bridgehead atoms. The molecule has 1 amide bonds. The van der Waals surface area contributed by atoms with Gasteiger partial charge in [-0.05, 0) is 0 Å². The van der Waals surface area contributed by atoms with Gasteiger partial charge in [-0.2, -0.15) is 5.10 Å². The zero-order valence-electron chi connectivity index (χ0n) is 8.94. The average Bonchev–Trinajstić information content (AvgIpc) is 2.27. The van der Waals surface area contributed by atoms with E-state index in [0.717, 1.165) is 4.68 Å². The molecule has 7 heteroatoms. The van der Waals surface area contributed by atoms with Gasteiger partial charge in [-0.3, -0.25) is 9.59 Å². The Kier molecular flexibility index (Phi) is 4.55. The van der Waals surface area contributed by atoms with Crippen LogP contribution in [-0.4, -0.2) is 22.2 Å². The maximum atomic E-state index is 11.8. The first-order valence-electron chi connectivity index (χ1n) is 4.77. The first kappa shape index (κ1) is 13.1. The Morgan fingerprint density at radius 3 is 3.00 bits per heavy atom. The van der Waals surface area contributed by atoms with Gasteiger partial charge >= 0.3 is 0 Å². The van der Waals surface area contributed by atoms with Crippen molar-refractivity contribution in [2.75, 3.05) is 11.9 Å². The van der Waals surface area contributed by atoms with Crippen molar-refractivity contribution in [3.63, 3.8) is 0 Å². The number of aromatic nitrogens is 2. The van der Waals surface area contributed by atoms with Crippen LogP contribution in [0.5, 0.6) is 0 Å². The van der Waals surface area contributed by atoms with Gasteiger partial charge in [0.2, 0.25) is 5.91 Å². The lowest BCUT2D eigenvalue weighted by Gasteiger charge is -2.08. The highest BCUT2D eigenvalue weighted by atomic mass is 35.5. The van der Waals surface area contributed by atoms with Crippen LogP contribution in [-0.2, 0) is 11.3 Å². The number of nitrogens with zero attached hydrogens (tertiary/aromatic N) is 2. The van der Waals surface area contributed by atoms with Crippen LogP contribution in [0.25, 0.3) is 0 Å². The van der Waals surface area contributed by atoms with Crippen molar-refractivity contribution in [1.82, 2.24) is 9.78 Å². The number of halogens is 1. The van der Waals surface area contributed by atoms with Gasteiger partial charge < -0.3 is 11.1 Å². The van der Waals surface area contributed by atoms with E-state index < -0.39 is 11.5 Å². The highest BCUT2D eigenvalue weighted by Crippen LogP contribution is 2.14. The van der Waals surface area contributed by atoms with Crippen molar-refractivity contribution in [1.29, 1.82) is 0 Å². The molecule has 0 fully saturated rings. The molecule has 1 heterocycles. The largest absolute Gasteiger partial charge is 0.379 e. The van der Waals surface area contributed by atoms with Gasteiger partial charge in [-0.15, -0.1) is 6.42 Å². The summed E-state index contributed by atoms with van der Waals surface area (Å²) < 4.78 is 1.10. The Morgan fingerprint density at radius 2 is 2.41 bits per heavy atom. The summed E-state index contributed by atoms with van der Waals surface area (Å²) in [4.78, 5) is 22.4. The number of primary amides is 1. The topological polar surface area (TPSA) is 90.0 Å². The molecule has 0 aromatic carbocycles. The normalized spacial score (nSPS) is 9.65. The molecule has 1 aromatic heterocycles. The second kappa shape index (κ2) is 5.92. The SMILES string of the molecule is C#CCn1ncc(Cl)c(NCCC(N)=O)c1=O. The summed E-state index contributed by atoms with van der Waals surface area (Å²) in [7, 11) is 0. The molecule has 0 saturated heterocycles. The lowest BCUT2D eigenvalue weighted by atomic mass is 10.3. The molecule has 1 aromatic rings. The van der Waals surface area contributed by atoms with Gasteiger partial charge in [0.25, 0.3) is 5.56 Å². The third-order valence-electron chi connectivity index (χ3n) is 1.91. The monoisotopic (exact) mass is 254 g/mol. The minimum Gasteiger partial charge on any atom is -0.379 e. The van der Waals surface area contributed by atoms with E-state index in [4.69, 9.17) is 23.8 Å². The molecule has 0 aliphatic heterocycles. The Labute approximate surface area is 103 Å². The second-order valence-electron chi connectivity index (χ2n) is 3.18. The van der Waals surface area contributed by atoms with Crippen molar-refractivity contribution in [3.05, 3.63) is 21.6 Å². The van der Waals surface area contributed by atoms with E-state index in [0.29, 0.717) is 0 Å². The van der Waals surface area contributed by atoms with Crippen LogP contribution < -0.4 is 16.6 Å². The molecule has 0 aliphatic rings. The first-order valence-corrected chi connectivity index (χ1v) is 5.15. The number of nitrogens with one attached hydrogen (secondary N) is 1. The minimum absolute atomic E-state index is 0.0561. The van der Waals surface area contributed by atoms with Gasteiger partial charge in [-0.1, -0.05) is 17.5 Å². The summed E-state index contributed by atoms with van der Waals surface area (Å²) in [5.74, 6) is 1.84.